The maximum Gasteiger partial charge on any atom is 0.416 e. The molecular weight excluding hydrogens is 295 g/mol. The standard InChI is InChI=1S/C13H13ClF3NO2/c14-10-5-8(4-9(6-10)13(15,16)17)7-18-3-1-2-11(18)12(19)20/h4-6,11H,1-3,7H2,(H,19,20)/t11-/m1/s1. The Bertz CT molecular complexity index is 519. The van der Waals surface area contributed by atoms with Crippen molar-refractivity contribution < 1.29 is 23.1 Å². The highest BCUT2D eigenvalue weighted by molar-refractivity contribution is 6.30. The van der Waals surface area contributed by atoms with Crippen molar-refractivity contribution in [2.24, 2.45) is 0 Å². The van der Waals surface area contributed by atoms with Gasteiger partial charge in [0.25, 0.3) is 0 Å². The molecule has 20 heavy (non-hydrogen) atoms. The third-order valence-electron chi connectivity index (χ3n) is 3.32. The highest BCUT2D eigenvalue weighted by Gasteiger charge is 2.33. The molecule has 0 aromatic heterocycles. The quantitative estimate of drug-likeness (QED) is 0.930. The van der Waals surface area contributed by atoms with E-state index in [0.717, 1.165) is 18.6 Å². The van der Waals surface area contributed by atoms with Gasteiger partial charge >= 0.3 is 12.1 Å². The minimum absolute atomic E-state index is 0.000830. The minimum Gasteiger partial charge on any atom is -0.480 e. The van der Waals surface area contributed by atoms with Crippen LogP contribution in [0.15, 0.2) is 18.2 Å². The third-order valence-corrected chi connectivity index (χ3v) is 3.54. The largest absolute Gasteiger partial charge is 0.480 e. The number of carbonyl (C=O) groups is 1. The summed E-state index contributed by atoms with van der Waals surface area (Å²) in [6.45, 7) is 0.714. The first-order chi connectivity index (χ1) is 9.27. The molecule has 0 spiro atoms. The third kappa shape index (κ3) is 3.43. The maximum absolute atomic E-state index is 12.7. The van der Waals surface area contributed by atoms with Crippen LogP contribution >= 0.6 is 11.6 Å². The fraction of sp³-hybridized carbons (Fsp3) is 0.462. The van der Waals surface area contributed by atoms with Crippen molar-refractivity contribution in [1.29, 1.82) is 0 Å². The molecule has 0 amide bonds. The summed E-state index contributed by atoms with van der Waals surface area (Å²) in [6, 6.07) is 2.68. The molecule has 1 heterocycles. The summed E-state index contributed by atoms with van der Waals surface area (Å²) in [5, 5.41) is 9.05. The highest BCUT2D eigenvalue weighted by atomic mass is 35.5. The molecule has 1 N–H and O–H groups in total. The number of nitrogens with zero attached hydrogens (tertiary/aromatic N) is 1. The first-order valence-corrected chi connectivity index (χ1v) is 6.48. The Kier molecular flexibility index (Phi) is 4.25. The molecule has 1 atom stereocenters. The zero-order valence-electron chi connectivity index (χ0n) is 10.5. The maximum atomic E-state index is 12.7. The van der Waals surface area contributed by atoms with Gasteiger partial charge in [0.2, 0.25) is 0 Å². The molecule has 0 aliphatic carbocycles. The number of rotatable bonds is 3. The van der Waals surface area contributed by atoms with E-state index in [4.69, 9.17) is 16.7 Å². The lowest BCUT2D eigenvalue weighted by molar-refractivity contribution is -0.142. The average Bonchev–Trinajstić information content (AvgIpc) is 2.75. The van der Waals surface area contributed by atoms with Gasteiger partial charge in [0.05, 0.1) is 5.56 Å². The fourth-order valence-electron chi connectivity index (χ4n) is 2.43. The molecule has 3 nitrogen and oxygen atoms in total. The average molecular weight is 308 g/mol. The summed E-state index contributed by atoms with van der Waals surface area (Å²) < 4.78 is 38.1. The van der Waals surface area contributed by atoms with E-state index in [1.165, 1.54) is 6.07 Å². The molecule has 0 radical (unpaired) electrons. The van der Waals surface area contributed by atoms with Crippen LogP contribution in [0.4, 0.5) is 13.2 Å². The van der Waals surface area contributed by atoms with E-state index >= 15 is 0 Å². The molecule has 7 heteroatoms. The molecule has 1 aromatic rings. The molecule has 1 aliphatic rings. The number of hydrogen-bond donors (Lipinski definition) is 1. The van der Waals surface area contributed by atoms with Crippen molar-refractivity contribution in [2.75, 3.05) is 6.54 Å². The molecule has 0 saturated carbocycles. The van der Waals surface area contributed by atoms with Gasteiger partial charge in [0.15, 0.2) is 0 Å². The summed E-state index contributed by atoms with van der Waals surface area (Å²) in [6.07, 6.45) is -3.22. The molecular formula is C13H13ClF3NO2. The van der Waals surface area contributed by atoms with Gasteiger partial charge in [-0.05, 0) is 43.1 Å². The first-order valence-electron chi connectivity index (χ1n) is 6.11. The van der Waals surface area contributed by atoms with Gasteiger partial charge in [-0.1, -0.05) is 11.6 Å². The van der Waals surface area contributed by atoms with Crippen LogP contribution in [0.1, 0.15) is 24.0 Å². The Labute approximate surface area is 118 Å². The van der Waals surface area contributed by atoms with Crippen molar-refractivity contribution in [3.8, 4) is 0 Å². The molecule has 0 unspecified atom stereocenters. The van der Waals surface area contributed by atoms with Gasteiger partial charge in [-0.3, -0.25) is 9.69 Å². The Morgan fingerprint density at radius 3 is 2.70 bits per heavy atom. The monoisotopic (exact) mass is 307 g/mol. The van der Waals surface area contributed by atoms with Crippen LogP contribution in [0.3, 0.4) is 0 Å². The van der Waals surface area contributed by atoms with Crippen LogP contribution in [0.25, 0.3) is 0 Å². The lowest BCUT2D eigenvalue weighted by Gasteiger charge is -2.21. The van der Waals surface area contributed by atoms with Gasteiger partial charge in [-0.25, -0.2) is 0 Å². The second-order valence-corrected chi connectivity index (χ2v) is 5.25. The van der Waals surface area contributed by atoms with E-state index in [0.29, 0.717) is 18.5 Å². The molecule has 1 aromatic carbocycles. The number of carboxylic acid groups (broad SMARTS) is 1. The lowest BCUT2D eigenvalue weighted by atomic mass is 10.1. The van der Waals surface area contributed by atoms with E-state index in [9.17, 15) is 18.0 Å². The van der Waals surface area contributed by atoms with E-state index in [-0.39, 0.29) is 11.6 Å². The zero-order valence-corrected chi connectivity index (χ0v) is 11.2. The van der Waals surface area contributed by atoms with Crippen LogP contribution in [0.2, 0.25) is 5.02 Å². The predicted octanol–water partition coefficient (Wildman–Crippen LogP) is 3.41. The number of carboxylic acids is 1. The summed E-state index contributed by atoms with van der Waals surface area (Å²) >= 11 is 5.71. The van der Waals surface area contributed by atoms with Gasteiger partial charge in [-0.2, -0.15) is 13.2 Å². The van der Waals surface area contributed by atoms with Crippen LogP contribution < -0.4 is 0 Å². The highest BCUT2D eigenvalue weighted by Crippen LogP contribution is 2.32. The number of alkyl halides is 3. The summed E-state index contributed by atoms with van der Waals surface area (Å²) in [4.78, 5) is 12.7. The fourth-order valence-corrected chi connectivity index (χ4v) is 2.69. The van der Waals surface area contributed by atoms with Gasteiger partial charge in [0.1, 0.15) is 6.04 Å². The predicted molar refractivity (Wildman–Crippen MR) is 67.5 cm³/mol. The molecule has 110 valence electrons. The van der Waals surface area contributed by atoms with Crippen LogP contribution in [0, 0.1) is 0 Å². The molecule has 1 fully saturated rings. The van der Waals surface area contributed by atoms with Gasteiger partial charge < -0.3 is 5.11 Å². The minimum atomic E-state index is -4.46. The Morgan fingerprint density at radius 2 is 2.10 bits per heavy atom. The van der Waals surface area contributed by atoms with Gasteiger partial charge in [0, 0.05) is 11.6 Å². The molecule has 2 rings (SSSR count). The number of hydrogen-bond acceptors (Lipinski definition) is 2. The Morgan fingerprint density at radius 1 is 1.40 bits per heavy atom. The van der Waals surface area contributed by atoms with Crippen LogP contribution in [-0.2, 0) is 17.5 Å². The molecule has 0 bridgehead atoms. The van der Waals surface area contributed by atoms with Crippen molar-refractivity contribution >= 4 is 17.6 Å². The Hall–Kier alpha value is -1.27. The van der Waals surface area contributed by atoms with E-state index in [2.05, 4.69) is 0 Å². The van der Waals surface area contributed by atoms with Crippen LogP contribution in [-0.4, -0.2) is 28.6 Å². The first kappa shape index (κ1) is 15.1. The zero-order chi connectivity index (χ0) is 14.9. The van der Waals surface area contributed by atoms with E-state index < -0.39 is 23.8 Å². The topological polar surface area (TPSA) is 40.5 Å². The van der Waals surface area contributed by atoms with Crippen molar-refractivity contribution in [3.63, 3.8) is 0 Å². The lowest BCUT2D eigenvalue weighted by Crippen LogP contribution is -2.35. The number of aliphatic carboxylic acids is 1. The summed E-state index contributed by atoms with van der Waals surface area (Å²) in [5.41, 5.74) is -0.441. The number of benzene rings is 1. The van der Waals surface area contributed by atoms with Gasteiger partial charge in [-0.15, -0.1) is 0 Å². The second-order valence-electron chi connectivity index (χ2n) is 4.81. The van der Waals surface area contributed by atoms with E-state index in [1.807, 2.05) is 0 Å². The molecule has 1 saturated heterocycles. The van der Waals surface area contributed by atoms with Crippen molar-refractivity contribution in [1.82, 2.24) is 4.90 Å². The summed E-state index contributed by atoms with van der Waals surface area (Å²) in [5.74, 6) is -0.944. The van der Waals surface area contributed by atoms with Crippen LogP contribution in [0.5, 0.6) is 0 Å². The Balaban J connectivity index is 2.21. The SMILES string of the molecule is O=C(O)[C@H]1CCCN1Cc1cc(Cl)cc(C(F)(F)F)c1. The second kappa shape index (κ2) is 5.61. The van der Waals surface area contributed by atoms with E-state index in [1.54, 1.807) is 4.90 Å². The number of halogens is 4. The molecule has 1 aliphatic heterocycles. The van der Waals surface area contributed by atoms with Crippen molar-refractivity contribution in [2.45, 2.75) is 31.6 Å². The van der Waals surface area contributed by atoms with Crippen molar-refractivity contribution in [3.05, 3.63) is 34.3 Å². The normalized spacial score (nSPS) is 20.3. The summed E-state index contributed by atoms with van der Waals surface area (Å²) in [7, 11) is 0. The smallest absolute Gasteiger partial charge is 0.416 e. The number of likely N-dealkylation sites (tertiary alicyclic amines) is 1.